The highest BCUT2D eigenvalue weighted by molar-refractivity contribution is 5.67. The van der Waals surface area contributed by atoms with Gasteiger partial charge in [0.2, 0.25) is 0 Å². The third-order valence-corrected chi connectivity index (χ3v) is 3.68. The number of nitrogens with one attached hydrogen (secondary N) is 1. The standard InChI is InChI=1S/C21H25NO2/c1-17(2)20-13-8-12-18(15-20)9-6-7-14-22-21(23)24-16-19-10-4-3-5-11-19/h3-6,8-13,15,17H,7,14,16H2,1-2H3,(H,22,23). The van der Waals surface area contributed by atoms with E-state index in [4.69, 9.17) is 4.74 Å². The van der Waals surface area contributed by atoms with Gasteiger partial charge in [0.25, 0.3) is 0 Å². The fraction of sp³-hybridized carbons (Fsp3) is 0.286. The predicted octanol–water partition coefficient (Wildman–Crippen LogP) is 5.14. The van der Waals surface area contributed by atoms with E-state index in [0.29, 0.717) is 19.1 Å². The van der Waals surface area contributed by atoms with Crippen LogP contribution in [0.2, 0.25) is 0 Å². The number of carbonyl (C=O) groups is 1. The van der Waals surface area contributed by atoms with Crippen molar-refractivity contribution in [3.8, 4) is 0 Å². The van der Waals surface area contributed by atoms with E-state index in [-0.39, 0.29) is 6.09 Å². The molecule has 1 N–H and O–H groups in total. The van der Waals surface area contributed by atoms with Crippen molar-refractivity contribution in [2.24, 2.45) is 0 Å². The van der Waals surface area contributed by atoms with Gasteiger partial charge in [0.1, 0.15) is 6.61 Å². The van der Waals surface area contributed by atoms with Crippen LogP contribution in [-0.2, 0) is 11.3 Å². The summed E-state index contributed by atoms with van der Waals surface area (Å²) in [6, 6.07) is 18.2. The van der Waals surface area contributed by atoms with Gasteiger partial charge in [-0.05, 0) is 29.0 Å². The fourth-order valence-corrected chi connectivity index (χ4v) is 2.27. The molecule has 2 aromatic carbocycles. The number of hydrogen-bond donors (Lipinski definition) is 1. The van der Waals surface area contributed by atoms with Gasteiger partial charge in [-0.3, -0.25) is 0 Å². The zero-order valence-electron chi connectivity index (χ0n) is 14.4. The molecular formula is C21H25NO2. The maximum absolute atomic E-state index is 11.6. The van der Waals surface area contributed by atoms with Crippen molar-refractivity contribution in [3.63, 3.8) is 0 Å². The Kier molecular flexibility index (Phi) is 7.09. The number of benzene rings is 2. The van der Waals surface area contributed by atoms with E-state index < -0.39 is 0 Å². The van der Waals surface area contributed by atoms with Gasteiger partial charge < -0.3 is 10.1 Å². The molecule has 0 aromatic heterocycles. The molecule has 2 rings (SSSR count). The first-order chi connectivity index (χ1) is 11.6. The minimum absolute atomic E-state index is 0.296. The summed E-state index contributed by atoms with van der Waals surface area (Å²) in [4.78, 5) is 11.6. The Bertz CT molecular complexity index is 663. The molecule has 0 radical (unpaired) electrons. The summed E-state index contributed by atoms with van der Waals surface area (Å²) in [5, 5.41) is 2.76. The highest BCUT2D eigenvalue weighted by Crippen LogP contribution is 2.16. The molecule has 0 spiro atoms. The van der Waals surface area contributed by atoms with E-state index in [1.54, 1.807) is 0 Å². The highest BCUT2D eigenvalue weighted by Gasteiger charge is 2.01. The molecule has 3 nitrogen and oxygen atoms in total. The van der Waals surface area contributed by atoms with E-state index in [1.165, 1.54) is 11.1 Å². The lowest BCUT2D eigenvalue weighted by Crippen LogP contribution is -2.24. The van der Waals surface area contributed by atoms with Gasteiger partial charge in [0.15, 0.2) is 0 Å². The van der Waals surface area contributed by atoms with Crippen molar-refractivity contribution in [2.45, 2.75) is 32.8 Å². The Hall–Kier alpha value is -2.55. The Morgan fingerprint density at radius 3 is 2.67 bits per heavy atom. The van der Waals surface area contributed by atoms with Crippen LogP contribution in [0.1, 0.15) is 42.9 Å². The summed E-state index contributed by atoms with van der Waals surface area (Å²) >= 11 is 0. The molecule has 126 valence electrons. The van der Waals surface area contributed by atoms with Crippen molar-refractivity contribution in [1.82, 2.24) is 5.32 Å². The molecule has 24 heavy (non-hydrogen) atoms. The molecule has 0 saturated heterocycles. The largest absolute Gasteiger partial charge is 0.445 e. The molecule has 0 atom stereocenters. The van der Waals surface area contributed by atoms with Crippen molar-refractivity contribution in [3.05, 3.63) is 77.4 Å². The van der Waals surface area contributed by atoms with Crippen LogP contribution >= 0.6 is 0 Å². The molecule has 3 heteroatoms. The fourth-order valence-electron chi connectivity index (χ4n) is 2.27. The SMILES string of the molecule is CC(C)c1cccc(C=CCCNC(=O)OCc2ccccc2)c1. The third kappa shape index (κ3) is 6.29. The summed E-state index contributed by atoms with van der Waals surface area (Å²) in [6.45, 7) is 5.24. The first kappa shape index (κ1) is 17.8. The van der Waals surface area contributed by atoms with Gasteiger partial charge in [0, 0.05) is 6.54 Å². The Morgan fingerprint density at radius 1 is 1.12 bits per heavy atom. The Morgan fingerprint density at radius 2 is 1.92 bits per heavy atom. The van der Waals surface area contributed by atoms with Crippen LogP contribution in [-0.4, -0.2) is 12.6 Å². The number of rotatable bonds is 7. The lowest BCUT2D eigenvalue weighted by atomic mass is 10.0. The van der Waals surface area contributed by atoms with E-state index >= 15 is 0 Å². The van der Waals surface area contributed by atoms with Gasteiger partial charge in [-0.15, -0.1) is 0 Å². The Labute approximate surface area is 144 Å². The number of carbonyl (C=O) groups excluding carboxylic acids is 1. The molecule has 0 heterocycles. The highest BCUT2D eigenvalue weighted by atomic mass is 16.5. The maximum atomic E-state index is 11.6. The third-order valence-electron chi connectivity index (χ3n) is 3.68. The van der Waals surface area contributed by atoms with Crippen molar-refractivity contribution in [2.75, 3.05) is 6.54 Å². The first-order valence-electron chi connectivity index (χ1n) is 8.36. The minimum atomic E-state index is -0.381. The maximum Gasteiger partial charge on any atom is 0.407 e. The van der Waals surface area contributed by atoms with E-state index in [0.717, 1.165) is 12.0 Å². The Balaban J connectivity index is 1.67. The zero-order chi connectivity index (χ0) is 17.2. The topological polar surface area (TPSA) is 38.3 Å². The van der Waals surface area contributed by atoms with Gasteiger partial charge in [-0.25, -0.2) is 4.79 Å². The average Bonchev–Trinajstić information content (AvgIpc) is 2.61. The molecule has 0 unspecified atom stereocenters. The van der Waals surface area contributed by atoms with Crippen molar-refractivity contribution < 1.29 is 9.53 Å². The van der Waals surface area contributed by atoms with Gasteiger partial charge >= 0.3 is 6.09 Å². The normalized spacial score (nSPS) is 11.0. The van der Waals surface area contributed by atoms with Gasteiger partial charge in [0.05, 0.1) is 0 Å². The molecule has 0 bridgehead atoms. The van der Waals surface area contributed by atoms with Crippen LogP contribution in [0.5, 0.6) is 0 Å². The first-order valence-corrected chi connectivity index (χ1v) is 8.36. The molecule has 0 aliphatic rings. The summed E-state index contributed by atoms with van der Waals surface area (Å²) in [5.41, 5.74) is 3.50. The predicted molar refractivity (Wildman–Crippen MR) is 98.8 cm³/mol. The van der Waals surface area contributed by atoms with Crippen LogP contribution in [0.3, 0.4) is 0 Å². The smallest absolute Gasteiger partial charge is 0.407 e. The van der Waals surface area contributed by atoms with Crippen LogP contribution in [0.25, 0.3) is 6.08 Å². The molecule has 2 aromatic rings. The second kappa shape index (κ2) is 9.56. The zero-order valence-corrected chi connectivity index (χ0v) is 14.4. The number of hydrogen-bond acceptors (Lipinski definition) is 2. The lowest BCUT2D eigenvalue weighted by molar-refractivity contribution is 0.140. The molecule has 0 aliphatic carbocycles. The van der Waals surface area contributed by atoms with E-state index in [9.17, 15) is 4.79 Å². The van der Waals surface area contributed by atoms with E-state index in [1.807, 2.05) is 30.3 Å². The summed E-state index contributed by atoms with van der Waals surface area (Å²) in [6.07, 6.45) is 4.54. The van der Waals surface area contributed by atoms with Crippen LogP contribution in [0.4, 0.5) is 4.79 Å². The summed E-state index contributed by atoms with van der Waals surface area (Å²) < 4.78 is 5.16. The second-order valence-corrected chi connectivity index (χ2v) is 6.00. The molecule has 0 saturated carbocycles. The number of amides is 1. The second-order valence-electron chi connectivity index (χ2n) is 6.00. The quantitative estimate of drug-likeness (QED) is 0.716. The average molecular weight is 323 g/mol. The summed E-state index contributed by atoms with van der Waals surface area (Å²) in [7, 11) is 0. The summed E-state index contributed by atoms with van der Waals surface area (Å²) in [5.74, 6) is 0.527. The molecule has 0 fully saturated rings. The van der Waals surface area contributed by atoms with Gasteiger partial charge in [-0.2, -0.15) is 0 Å². The molecular weight excluding hydrogens is 298 g/mol. The van der Waals surface area contributed by atoms with Crippen molar-refractivity contribution in [1.29, 1.82) is 0 Å². The van der Waals surface area contributed by atoms with E-state index in [2.05, 4.69) is 55.6 Å². The molecule has 0 aliphatic heterocycles. The monoisotopic (exact) mass is 323 g/mol. The van der Waals surface area contributed by atoms with Gasteiger partial charge in [-0.1, -0.05) is 80.6 Å². The molecule has 1 amide bonds. The minimum Gasteiger partial charge on any atom is -0.445 e. The van der Waals surface area contributed by atoms with Crippen molar-refractivity contribution >= 4 is 12.2 Å². The number of alkyl carbamates (subject to hydrolysis) is 1. The lowest BCUT2D eigenvalue weighted by Gasteiger charge is -2.06. The van der Waals surface area contributed by atoms with Crippen LogP contribution < -0.4 is 5.32 Å². The van der Waals surface area contributed by atoms with Crippen LogP contribution in [0, 0.1) is 0 Å². The van der Waals surface area contributed by atoms with Crippen LogP contribution in [0.15, 0.2) is 60.7 Å². The number of ether oxygens (including phenoxy) is 1.